The van der Waals surface area contributed by atoms with Crippen LogP contribution in [0.15, 0.2) is 24.0 Å². The van der Waals surface area contributed by atoms with Crippen molar-refractivity contribution in [3.8, 4) is 5.75 Å². The molecule has 1 aliphatic carbocycles. The van der Waals surface area contributed by atoms with E-state index in [0.29, 0.717) is 24.0 Å². The van der Waals surface area contributed by atoms with Gasteiger partial charge in [0.25, 0.3) is 0 Å². The van der Waals surface area contributed by atoms with Gasteiger partial charge in [0.15, 0.2) is 0 Å². The number of aryl methyl sites for hydroxylation is 1. The van der Waals surface area contributed by atoms with Crippen LogP contribution in [0.3, 0.4) is 0 Å². The molecule has 4 atom stereocenters. The van der Waals surface area contributed by atoms with E-state index in [-0.39, 0.29) is 5.41 Å². The van der Waals surface area contributed by atoms with Gasteiger partial charge in [-0.25, -0.2) is 0 Å². The number of allylic oxidation sites excluding steroid dienone is 1. The summed E-state index contributed by atoms with van der Waals surface area (Å²) in [6.07, 6.45) is 8.40. The van der Waals surface area contributed by atoms with E-state index < -0.39 is 0 Å². The molecule has 4 nitrogen and oxygen atoms in total. The average Bonchev–Trinajstić information content (AvgIpc) is 3.30. The second-order valence-electron chi connectivity index (χ2n) is 9.48. The van der Waals surface area contributed by atoms with E-state index in [4.69, 9.17) is 18.9 Å². The topological polar surface area (TPSA) is 36.9 Å². The zero-order valence-electron chi connectivity index (χ0n) is 19.1. The Bertz CT molecular complexity index is 746. The van der Waals surface area contributed by atoms with E-state index in [1.54, 1.807) is 0 Å². The molecule has 2 aliphatic heterocycles. The first-order valence-electron chi connectivity index (χ1n) is 11.9. The molecule has 3 aliphatic rings. The number of hydrogen-bond acceptors (Lipinski definition) is 4. The largest absolute Gasteiger partial charge is 0.497 e. The van der Waals surface area contributed by atoms with Crippen molar-refractivity contribution in [3.05, 3.63) is 35.1 Å². The Labute approximate surface area is 181 Å². The molecule has 2 saturated heterocycles. The summed E-state index contributed by atoms with van der Waals surface area (Å²) >= 11 is 0. The summed E-state index contributed by atoms with van der Waals surface area (Å²) in [7, 11) is 0. The Morgan fingerprint density at radius 1 is 1.20 bits per heavy atom. The van der Waals surface area contributed by atoms with Gasteiger partial charge in [-0.3, -0.25) is 0 Å². The lowest BCUT2D eigenvalue weighted by atomic mass is 9.84. The fraction of sp³-hybridized carbons (Fsp3) is 0.692. The molecule has 0 spiro atoms. The van der Waals surface area contributed by atoms with Gasteiger partial charge in [0.05, 0.1) is 49.8 Å². The Kier molecular flexibility index (Phi) is 6.74. The van der Waals surface area contributed by atoms with Gasteiger partial charge >= 0.3 is 0 Å². The third-order valence-corrected chi connectivity index (χ3v) is 7.47. The van der Waals surface area contributed by atoms with E-state index in [0.717, 1.165) is 63.6 Å². The Hall–Kier alpha value is -1.52. The van der Waals surface area contributed by atoms with Gasteiger partial charge in [-0.15, -0.1) is 0 Å². The maximum atomic E-state index is 6.23. The second kappa shape index (κ2) is 9.32. The van der Waals surface area contributed by atoms with Crippen LogP contribution in [-0.2, 0) is 20.6 Å². The van der Waals surface area contributed by atoms with Gasteiger partial charge < -0.3 is 18.9 Å². The van der Waals surface area contributed by atoms with Crippen LogP contribution < -0.4 is 4.74 Å². The predicted molar refractivity (Wildman–Crippen MR) is 120 cm³/mol. The Morgan fingerprint density at radius 3 is 2.63 bits per heavy atom. The minimum Gasteiger partial charge on any atom is -0.497 e. The molecule has 1 saturated carbocycles. The van der Waals surface area contributed by atoms with E-state index in [2.05, 4.69) is 52.0 Å². The van der Waals surface area contributed by atoms with Gasteiger partial charge in [0.1, 0.15) is 5.75 Å². The van der Waals surface area contributed by atoms with E-state index in [9.17, 15) is 0 Å². The van der Waals surface area contributed by atoms with Crippen LogP contribution in [0.5, 0.6) is 5.75 Å². The highest BCUT2D eigenvalue weighted by molar-refractivity contribution is 5.57. The third-order valence-electron chi connectivity index (χ3n) is 7.47. The molecule has 1 aromatic carbocycles. The molecule has 166 valence electrons. The van der Waals surface area contributed by atoms with Gasteiger partial charge in [0.2, 0.25) is 0 Å². The molecule has 3 fully saturated rings. The van der Waals surface area contributed by atoms with E-state index >= 15 is 0 Å². The average molecular weight is 415 g/mol. The summed E-state index contributed by atoms with van der Waals surface area (Å²) in [6, 6.07) is 6.50. The quantitative estimate of drug-likeness (QED) is 0.465. The van der Waals surface area contributed by atoms with Gasteiger partial charge in [-0.05, 0) is 67.9 Å². The highest BCUT2D eigenvalue weighted by Gasteiger charge is 2.45. The second-order valence-corrected chi connectivity index (χ2v) is 9.48. The van der Waals surface area contributed by atoms with Gasteiger partial charge in [0, 0.05) is 12.3 Å². The lowest BCUT2D eigenvalue weighted by Crippen LogP contribution is -2.45. The number of fused-ring (bicyclic) bond motifs is 2. The fourth-order valence-electron chi connectivity index (χ4n) is 5.15. The van der Waals surface area contributed by atoms with Gasteiger partial charge in [-0.1, -0.05) is 26.8 Å². The fourth-order valence-corrected chi connectivity index (χ4v) is 5.15. The maximum Gasteiger partial charge on any atom is 0.119 e. The van der Waals surface area contributed by atoms with Crippen molar-refractivity contribution in [2.75, 3.05) is 26.4 Å². The van der Waals surface area contributed by atoms with Crippen molar-refractivity contribution >= 4 is 6.08 Å². The minimum atomic E-state index is 0.210. The van der Waals surface area contributed by atoms with Crippen LogP contribution in [0.2, 0.25) is 0 Å². The lowest BCUT2D eigenvalue weighted by molar-refractivity contribution is -0.142. The smallest absolute Gasteiger partial charge is 0.119 e. The summed E-state index contributed by atoms with van der Waals surface area (Å²) in [4.78, 5) is 0. The number of rotatable bonds is 10. The van der Waals surface area contributed by atoms with Crippen molar-refractivity contribution in [1.29, 1.82) is 0 Å². The molecule has 0 N–H and O–H groups in total. The molecule has 30 heavy (non-hydrogen) atoms. The van der Waals surface area contributed by atoms with Crippen LogP contribution in [0.4, 0.5) is 0 Å². The predicted octanol–water partition coefficient (Wildman–Crippen LogP) is 5.64. The highest BCUT2D eigenvalue weighted by Crippen LogP contribution is 2.44. The maximum absolute atomic E-state index is 6.23. The Balaban J connectivity index is 1.38. The molecule has 4 unspecified atom stereocenters. The van der Waals surface area contributed by atoms with E-state index in [1.165, 1.54) is 17.5 Å². The molecule has 4 heteroatoms. The monoisotopic (exact) mass is 414 g/mol. The number of ether oxygens (including phenoxy) is 4. The van der Waals surface area contributed by atoms with Crippen LogP contribution in [-0.4, -0.2) is 38.6 Å². The first-order valence-corrected chi connectivity index (χ1v) is 11.9. The standard InChI is InChI=1S/C26H38O4/c1-5-19-10-23(28-14-21-12-24-13-25(21)18(4)30-24)9-8-20(19)11-22(6-2)29-17-26(7-3)15-27-16-26/h8-11,18,21,24-25H,5-7,12-17H2,1-4H3/b22-11+. The lowest BCUT2D eigenvalue weighted by Gasteiger charge is -2.40. The molecule has 0 radical (unpaired) electrons. The van der Waals surface area contributed by atoms with Crippen molar-refractivity contribution in [1.82, 2.24) is 0 Å². The zero-order chi connectivity index (χ0) is 21.1. The number of hydrogen-bond donors (Lipinski definition) is 0. The first-order chi connectivity index (χ1) is 14.6. The summed E-state index contributed by atoms with van der Waals surface area (Å²) in [5, 5.41) is 0. The van der Waals surface area contributed by atoms with Crippen LogP contribution in [0.1, 0.15) is 64.5 Å². The van der Waals surface area contributed by atoms with Crippen molar-refractivity contribution in [3.63, 3.8) is 0 Å². The normalized spacial score (nSPS) is 29.7. The summed E-state index contributed by atoms with van der Waals surface area (Å²) in [5.41, 5.74) is 2.75. The van der Waals surface area contributed by atoms with Crippen LogP contribution >= 0.6 is 0 Å². The summed E-state index contributed by atoms with van der Waals surface area (Å²) < 4.78 is 23.8. The first kappa shape index (κ1) is 21.7. The highest BCUT2D eigenvalue weighted by atomic mass is 16.5. The van der Waals surface area contributed by atoms with Crippen LogP contribution in [0.25, 0.3) is 6.08 Å². The van der Waals surface area contributed by atoms with Crippen LogP contribution in [0, 0.1) is 17.3 Å². The van der Waals surface area contributed by atoms with Crippen molar-refractivity contribution in [2.24, 2.45) is 17.3 Å². The zero-order valence-corrected chi connectivity index (χ0v) is 19.1. The molecule has 0 aromatic heterocycles. The minimum absolute atomic E-state index is 0.210. The molecular formula is C26H38O4. The molecule has 4 rings (SSSR count). The SMILES string of the molecule is CC/C(=C\c1ccc(OCC2CC3CC2C(C)O3)cc1CC)OCC1(CC)COC1. The summed E-state index contributed by atoms with van der Waals surface area (Å²) in [6.45, 7) is 12.0. The molecule has 0 amide bonds. The Morgan fingerprint density at radius 2 is 2.03 bits per heavy atom. The van der Waals surface area contributed by atoms with Gasteiger partial charge in [-0.2, -0.15) is 0 Å². The molecule has 1 aromatic rings. The summed E-state index contributed by atoms with van der Waals surface area (Å²) in [5.74, 6) is 3.33. The van der Waals surface area contributed by atoms with E-state index in [1.807, 2.05) is 0 Å². The molecule has 2 heterocycles. The van der Waals surface area contributed by atoms with Crippen molar-refractivity contribution < 1.29 is 18.9 Å². The number of benzene rings is 1. The molecule has 2 bridgehead atoms. The third kappa shape index (κ3) is 4.55. The van der Waals surface area contributed by atoms with Crippen molar-refractivity contribution in [2.45, 2.75) is 72.0 Å². The molecular weight excluding hydrogens is 376 g/mol.